The standard InChI is InChI=1S/C20H16ClN5O3S/c1-29-16-9-5-4-8-15(16)25-10-11-26-18(19(25)28)23-24-20(26)30-12-17(27)22-14-7-3-2-6-13(14)21/h2-11H,12H2,1H3,(H,22,27). The minimum atomic E-state index is -0.345. The average Bonchev–Trinajstić information content (AvgIpc) is 3.18. The van der Waals surface area contributed by atoms with E-state index in [0.717, 1.165) is 0 Å². The molecular formula is C20H16ClN5O3S. The molecular weight excluding hydrogens is 426 g/mol. The van der Waals surface area contributed by atoms with Gasteiger partial charge in [0, 0.05) is 12.4 Å². The topological polar surface area (TPSA) is 90.5 Å². The predicted octanol–water partition coefficient (Wildman–Crippen LogP) is 3.27. The van der Waals surface area contributed by atoms with Crippen LogP contribution in [0.25, 0.3) is 11.3 Å². The molecule has 4 rings (SSSR count). The molecule has 152 valence electrons. The molecule has 0 saturated carbocycles. The highest BCUT2D eigenvalue weighted by Gasteiger charge is 2.15. The number of hydrogen-bond donors (Lipinski definition) is 1. The van der Waals surface area contributed by atoms with E-state index in [-0.39, 0.29) is 22.9 Å². The molecule has 0 radical (unpaired) electrons. The predicted molar refractivity (Wildman–Crippen MR) is 116 cm³/mol. The molecule has 0 spiro atoms. The van der Waals surface area contributed by atoms with Crippen LogP contribution in [0, 0.1) is 0 Å². The summed E-state index contributed by atoms with van der Waals surface area (Å²) in [7, 11) is 1.54. The Bertz CT molecular complexity index is 1290. The molecule has 2 aromatic heterocycles. The molecule has 0 bridgehead atoms. The zero-order chi connectivity index (χ0) is 21.1. The number of amides is 1. The number of halogens is 1. The Hall–Kier alpha value is -3.30. The summed E-state index contributed by atoms with van der Waals surface area (Å²) in [6, 6.07) is 14.2. The lowest BCUT2D eigenvalue weighted by molar-refractivity contribution is -0.113. The molecule has 0 fully saturated rings. The van der Waals surface area contributed by atoms with Crippen LogP contribution in [-0.4, -0.2) is 37.9 Å². The Labute approximate surface area is 180 Å². The van der Waals surface area contributed by atoms with E-state index in [1.807, 2.05) is 12.1 Å². The maximum Gasteiger partial charge on any atom is 0.300 e. The van der Waals surface area contributed by atoms with Crippen LogP contribution >= 0.6 is 23.4 Å². The number of nitrogens with zero attached hydrogens (tertiary/aromatic N) is 4. The SMILES string of the molecule is COc1ccccc1-n1ccn2c(SCC(=O)Nc3ccccc3Cl)nnc2c1=O. The number of benzene rings is 2. The number of para-hydroxylation sites is 3. The number of carbonyl (C=O) groups is 1. The van der Waals surface area contributed by atoms with Gasteiger partial charge in [-0.3, -0.25) is 18.6 Å². The fourth-order valence-corrected chi connectivity index (χ4v) is 3.76. The number of aromatic nitrogens is 4. The van der Waals surface area contributed by atoms with Gasteiger partial charge in [-0.15, -0.1) is 10.2 Å². The van der Waals surface area contributed by atoms with Crippen molar-refractivity contribution in [1.29, 1.82) is 0 Å². The van der Waals surface area contributed by atoms with Gasteiger partial charge in [0.05, 0.1) is 29.3 Å². The molecule has 0 aliphatic rings. The van der Waals surface area contributed by atoms with E-state index in [1.165, 1.54) is 16.3 Å². The summed E-state index contributed by atoms with van der Waals surface area (Å²) < 4.78 is 8.34. The van der Waals surface area contributed by atoms with E-state index in [0.29, 0.717) is 27.3 Å². The summed E-state index contributed by atoms with van der Waals surface area (Å²) in [5.41, 5.74) is 0.943. The first-order chi connectivity index (χ1) is 14.6. The van der Waals surface area contributed by atoms with Crippen molar-refractivity contribution in [3.63, 3.8) is 0 Å². The van der Waals surface area contributed by atoms with E-state index >= 15 is 0 Å². The van der Waals surface area contributed by atoms with Crippen molar-refractivity contribution >= 4 is 40.6 Å². The summed E-state index contributed by atoms with van der Waals surface area (Å²) in [5.74, 6) is 0.406. The Kier molecular flexibility index (Phi) is 5.73. The first-order valence-corrected chi connectivity index (χ1v) is 10.2. The third-order valence-corrected chi connectivity index (χ3v) is 5.54. The summed E-state index contributed by atoms with van der Waals surface area (Å²) in [6.07, 6.45) is 3.29. The number of hydrogen-bond acceptors (Lipinski definition) is 6. The van der Waals surface area contributed by atoms with Crippen LogP contribution in [0.2, 0.25) is 5.02 Å². The van der Waals surface area contributed by atoms with E-state index < -0.39 is 0 Å². The van der Waals surface area contributed by atoms with Crippen LogP contribution in [0.15, 0.2) is 70.9 Å². The van der Waals surface area contributed by atoms with Crippen LogP contribution in [0.3, 0.4) is 0 Å². The quantitative estimate of drug-likeness (QED) is 0.462. The minimum absolute atomic E-state index is 0.0849. The Morgan fingerprint density at radius 3 is 2.70 bits per heavy atom. The van der Waals surface area contributed by atoms with Gasteiger partial charge >= 0.3 is 5.56 Å². The molecule has 30 heavy (non-hydrogen) atoms. The molecule has 0 saturated heterocycles. The number of fused-ring (bicyclic) bond motifs is 1. The van der Waals surface area contributed by atoms with Gasteiger partial charge in [-0.05, 0) is 24.3 Å². The van der Waals surface area contributed by atoms with Crippen LogP contribution in [0.4, 0.5) is 5.69 Å². The number of methoxy groups -OCH3 is 1. The molecule has 0 unspecified atom stereocenters. The monoisotopic (exact) mass is 441 g/mol. The average molecular weight is 442 g/mol. The van der Waals surface area contributed by atoms with Crippen LogP contribution in [0.5, 0.6) is 5.75 Å². The third-order valence-electron chi connectivity index (χ3n) is 4.26. The molecule has 0 aliphatic heterocycles. The number of thioether (sulfide) groups is 1. The molecule has 4 aromatic rings. The van der Waals surface area contributed by atoms with Crippen molar-refractivity contribution in [3.8, 4) is 11.4 Å². The highest BCUT2D eigenvalue weighted by atomic mass is 35.5. The maximum absolute atomic E-state index is 12.9. The van der Waals surface area contributed by atoms with Gasteiger partial charge in [0.15, 0.2) is 5.16 Å². The Balaban J connectivity index is 1.55. The molecule has 8 nitrogen and oxygen atoms in total. The van der Waals surface area contributed by atoms with E-state index in [2.05, 4.69) is 15.5 Å². The summed E-state index contributed by atoms with van der Waals surface area (Å²) in [4.78, 5) is 25.2. The van der Waals surface area contributed by atoms with Crippen LogP contribution in [-0.2, 0) is 4.79 Å². The van der Waals surface area contributed by atoms with Crippen LogP contribution in [0.1, 0.15) is 0 Å². The lowest BCUT2D eigenvalue weighted by Crippen LogP contribution is -2.20. The van der Waals surface area contributed by atoms with Crippen molar-refractivity contribution in [1.82, 2.24) is 19.2 Å². The van der Waals surface area contributed by atoms with E-state index in [9.17, 15) is 9.59 Å². The van der Waals surface area contributed by atoms with E-state index in [4.69, 9.17) is 16.3 Å². The normalized spacial score (nSPS) is 10.9. The number of anilines is 1. The van der Waals surface area contributed by atoms with Gasteiger partial charge < -0.3 is 10.1 Å². The van der Waals surface area contributed by atoms with Crippen molar-refractivity contribution in [2.24, 2.45) is 0 Å². The molecule has 2 aromatic carbocycles. The lowest BCUT2D eigenvalue weighted by atomic mass is 10.3. The van der Waals surface area contributed by atoms with Crippen molar-refractivity contribution in [2.45, 2.75) is 5.16 Å². The number of rotatable bonds is 6. The Morgan fingerprint density at radius 1 is 1.13 bits per heavy atom. The summed E-state index contributed by atoms with van der Waals surface area (Å²) in [5, 5.41) is 11.7. The maximum atomic E-state index is 12.9. The first-order valence-electron chi connectivity index (χ1n) is 8.85. The second-order valence-corrected chi connectivity index (χ2v) is 7.49. The molecule has 1 N–H and O–H groups in total. The van der Waals surface area contributed by atoms with Crippen molar-refractivity contribution < 1.29 is 9.53 Å². The van der Waals surface area contributed by atoms with Gasteiger partial charge in [0.2, 0.25) is 11.6 Å². The van der Waals surface area contributed by atoms with Gasteiger partial charge in [0.25, 0.3) is 0 Å². The largest absolute Gasteiger partial charge is 0.495 e. The highest BCUT2D eigenvalue weighted by Crippen LogP contribution is 2.23. The molecule has 1 amide bonds. The van der Waals surface area contributed by atoms with Gasteiger partial charge in [-0.1, -0.05) is 47.6 Å². The van der Waals surface area contributed by atoms with Crippen LogP contribution < -0.4 is 15.6 Å². The fraction of sp³-hybridized carbons (Fsp3) is 0.100. The Morgan fingerprint density at radius 2 is 1.90 bits per heavy atom. The highest BCUT2D eigenvalue weighted by molar-refractivity contribution is 7.99. The molecule has 2 heterocycles. The van der Waals surface area contributed by atoms with Crippen molar-refractivity contribution in [3.05, 3.63) is 76.3 Å². The number of ether oxygens (including phenoxy) is 1. The van der Waals surface area contributed by atoms with Gasteiger partial charge in [0.1, 0.15) is 5.75 Å². The smallest absolute Gasteiger partial charge is 0.300 e. The zero-order valence-electron chi connectivity index (χ0n) is 15.8. The molecule has 0 atom stereocenters. The molecule has 0 aliphatic carbocycles. The van der Waals surface area contributed by atoms with Gasteiger partial charge in [-0.25, -0.2) is 0 Å². The minimum Gasteiger partial charge on any atom is -0.495 e. The number of nitrogens with one attached hydrogen (secondary N) is 1. The molecule has 10 heteroatoms. The van der Waals surface area contributed by atoms with Gasteiger partial charge in [-0.2, -0.15) is 0 Å². The lowest BCUT2D eigenvalue weighted by Gasteiger charge is -2.10. The third kappa shape index (κ3) is 3.89. The first kappa shape index (κ1) is 20.0. The van der Waals surface area contributed by atoms with E-state index in [1.54, 1.807) is 60.3 Å². The second kappa shape index (κ2) is 8.60. The fourth-order valence-electron chi connectivity index (χ4n) is 2.86. The number of carbonyl (C=O) groups excluding carboxylic acids is 1. The van der Waals surface area contributed by atoms with Crippen molar-refractivity contribution in [2.75, 3.05) is 18.2 Å². The zero-order valence-corrected chi connectivity index (χ0v) is 17.4. The second-order valence-electron chi connectivity index (χ2n) is 6.14. The summed E-state index contributed by atoms with van der Waals surface area (Å²) in [6.45, 7) is 0. The summed E-state index contributed by atoms with van der Waals surface area (Å²) >= 11 is 7.23.